The maximum Gasteiger partial charge on any atom is 0.265 e. The van der Waals surface area contributed by atoms with Gasteiger partial charge < -0.3 is 4.90 Å². The highest BCUT2D eigenvalue weighted by Gasteiger charge is 2.34. The van der Waals surface area contributed by atoms with Crippen LogP contribution in [-0.4, -0.2) is 24.9 Å². The largest absolute Gasteiger partial charge is 0.383 e. The molecule has 1 heterocycles. The number of nitrogens with zero attached hydrogens (tertiary/aromatic N) is 2. The Kier molecular flexibility index (Phi) is 3.43. The van der Waals surface area contributed by atoms with Crippen molar-refractivity contribution in [2.24, 2.45) is 0 Å². The summed E-state index contributed by atoms with van der Waals surface area (Å²) in [6, 6.07) is 15.1. The van der Waals surface area contributed by atoms with Gasteiger partial charge in [0, 0.05) is 25.9 Å². The minimum Gasteiger partial charge on any atom is -0.383 e. The number of amides is 1. The first-order chi connectivity index (χ1) is 10.1. The molecule has 0 fully saturated rings. The predicted octanol–water partition coefficient (Wildman–Crippen LogP) is 3.92. The topological polar surface area (TPSA) is 23.6 Å². The van der Waals surface area contributed by atoms with Gasteiger partial charge >= 0.3 is 0 Å². The van der Waals surface area contributed by atoms with E-state index in [2.05, 4.69) is 0 Å². The van der Waals surface area contributed by atoms with Gasteiger partial charge in [0.15, 0.2) is 0 Å². The zero-order valence-corrected chi connectivity index (χ0v) is 12.6. The van der Waals surface area contributed by atoms with E-state index in [1.54, 1.807) is 11.0 Å². The molecule has 0 saturated carbocycles. The highest BCUT2D eigenvalue weighted by atomic mass is 35.5. The number of hydrogen-bond donors (Lipinski definition) is 0. The van der Waals surface area contributed by atoms with Gasteiger partial charge in [-0.15, -0.1) is 0 Å². The lowest BCUT2D eigenvalue weighted by Gasteiger charge is -2.18. The molecule has 4 heteroatoms. The number of anilines is 2. The number of fused-ring (bicyclic) bond motifs is 1. The van der Waals surface area contributed by atoms with Crippen LogP contribution in [0.5, 0.6) is 0 Å². The van der Waals surface area contributed by atoms with Gasteiger partial charge in [0.25, 0.3) is 5.91 Å². The Morgan fingerprint density at radius 3 is 2.29 bits per heavy atom. The molecular formula is C17H15ClN2O. The summed E-state index contributed by atoms with van der Waals surface area (Å²) < 4.78 is 0. The van der Waals surface area contributed by atoms with Gasteiger partial charge in [0.2, 0.25) is 0 Å². The van der Waals surface area contributed by atoms with Gasteiger partial charge in [-0.2, -0.15) is 0 Å². The maximum atomic E-state index is 12.8. The van der Waals surface area contributed by atoms with Crippen LogP contribution in [0.1, 0.15) is 5.56 Å². The van der Waals surface area contributed by atoms with Crippen molar-refractivity contribution in [1.82, 2.24) is 4.90 Å². The molecule has 1 amide bonds. The normalized spacial score (nSPS) is 15.5. The smallest absolute Gasteiger partial charge is 0.265 e. The lowest BCUT2D eigenvalue weighted by molar-refractivity contribution is -0.112. The number of para-hydroxylation sites is 2. The van der Waals surface area contributed by atoms with Crippen LogP contribution in [0.25, 0.3) is 5.57 Å². The van der Waals surface area contributed by atoms with Gasteiger partial charge in [-0.25, -0.2) is 0 Å². The fourth-order valence-corrected chi connectivity index (χ4v) is 2.72. The van der Waals surface area contributed by atoms with Crippen molar-refractivity contribution in [2.75, 3.05) is 19.0 Å². The first kappa shape index (κ1) is 13.7. The van der Waals surface area contributed by atoms with Gasteiger partial charge in [0.1, 0.15) is 0 Å². The second-order valence-electron chi connectivity index (χ2n) is 5.12. The van der Waals surface area contributed by atoms with Crippen LogP contribution in [0.4, 0.5) is 11.4 Å². The van der Waals surface area contributed by atoms with E-state index < -0.39 is 0 Å². The van der Waals surface area contributed by atoms with Crippen molar-refractivity contribution < 1.29 is 4.79 Å². The van der Waals surface area contributed by atoms with E-state index in [1.165, 1.54) is 0 Å². The molecule has 1 aliphatic rings. The Balaban J connectivity index is 2.20. The Bertz CT molecular complexity index is 737. The Morgan fingerprint density at radius 2 is 1.62 bits per heavy atom. The summed E-state index contributed by atoms with van der Waals surface area (Å²) in [7, 11) is 3.81. The van der Waals surface area contributed by atoms with E-state index in [0.29, 0.717) is 16.3 Å². The lowest BCUT2D eigenvalue weighted by Crippen LogP contribution is -2.21. The lowest BCUT2D eigenvalue weighted by atomic mass is 10.1. The molecule has 0 N–H and O–H groups in total. The zero-order valence-electron chi connectivity index (χ0n) is 11.9. The van der Waals surface area contributed by atoms with E-state index in [1.807, 2.05) is 67.7 Å². The second-order valence-corrected chi connectivity index (χ2v) is 5.52. The minimum absolute atomic E-state index is 0.0574. The summed E-state index contributed by atoms with van der Waals surface area (Å²) >= 11 is 6.27. The van der Waals surface area contributed by atoms with E-state index in [9.17, 15) is 4.79 Å². The molecule has 0 radical (unpaired) electrons. The molecule has 0 aliphatic carbocycles. The standard InChI is InChI=1S/C17H15ClN2O/c1-19(2)11-13-12-7-3-5-9-15(12)20(17(13)21)16-10-6-4-8-14(16)18/h3-11H,1-2H3. The fourth-order valence-electron chi connectivity index (χ4n) is 2.50. The molecule has 0 bridgehead atoms. The molecule has 0 unspecified atom stereocenters. The summed E-state index contributed by atoms with van der Waals surface area (Å²) in [5.74, 6) is -0.0574. The Morgan fingerprint density at radius 1 is 1.00 bits per heavy atom. The molecule has 0 aromatic heterocycles. The van der Waals surface area contributed by atoms with Crippen molar-refractivity contribution in [1.29, 1.82) is 0 Å². The SMILES string of the molecule is CN(C)C=C1C(=O)N(c2ccccc2Cl)c2ccccc21. The fraction of sp³-hybridized carbons (Fsp3) is 0.118. The second kappa shape index (κ2) is 5.26. The van der Waals surface area contributed by atoms with Crippen molar-refractivity contribution in [2.45, 2.75) is 0 Å². The van der Waals surface area contributed by atoms with E-state index in [-0.39, 0.29) is 5.91 Å². The average molecular weight is 299 g/mol. The number of carbonyl (C=O) groups excluding carboxylic acids is 1. The van der Waals surface area contributed by atoms with Gasteiger partial charge in [-0.3, -0.25) is 9.69 Å². The van der Waals surface area contributed by atoms with Crippen LogP contribution < -0.4 is 4.90 Å². The van der Waals surface area contributed by atoms with Gasteiger partial charge in [-0.05, 0) is 18.2 Å². The van der Waals surface area contributed by atoms with Gasteiger partial charge in [0.05, 0.1) is 22.0 Å². The third-order valence-electron chi connectivity index (χ3n) is 3.35. The van der Waals surface area contributed by atoms with Crippen LogP contribution in [-0.2, 0) is 4.79 Å². The van der Waals surface area contributed by atoms with E-state index in [4.69, 9.17) is 11.6 Å². The number of hydrogen-bond acceptors (Lipinski definition) is 2. The molecule has 3 nitrogen and oxygen atoms in total. The molecule has 2 aromatic rings. The van der Waals surface area contributed by atoms with Crippen LogP contribution in [0, 0.1) is 0 Å². The summed E-state index contributed by atoms with van der Waals surface area (Å²) in [6.45, 7) is 0. The summed E-state index contributed by atoms with van der Waals surface area (Å²) in [5, 5.41) is 0.562. The van der Waals surface area contributed by atoms with Crippen molar-refractivity contribution in [3.8, 4) is 0 Å². The van der Waals surface area contributed by atoms with Gasteiger partial charge in [-0.1, -0.05) is 41.9 Å². The first-order valence-electron chi connectivity index (χ1n) is 6.66. The molecule has 106 valence electrons. The zero-order chi connectivity index (χ0) is 15.0. The van der Waals surface area contributed by atoms with E-state index in [0.717, 1.165) is 11.3 Å². The molecule has 2 aromatic carbocycles. The van der Waals surface area contributed by atoms with Crippen LogP contribution >= 0.6 is 11.6 Å². The summed E-state index contributed by atoms with van der Waals surface area (Å²) in [6.07, 6.45) is 1.85. The summed E-state index contributed by atoms with van der Waals surface area (Å²) in [4.78, 5) is 16.4. The molecule has 0 saturated heterocycles. The monoisotopic (exact) mass is 298 g/mol. The molecular weight excluding hydrogens is 284 g/mol. The minimum atomic E-state index is -0.0574. The van der Waals surface area contributed by atoms with Crippen molar-refractivity contribution in [3.05, 3.63) is 65.3 Å². The number of benzene rings is 2. The third-order valence-corrected chi connectivity index (χ3v) is 3.67. The van der Waals surface area contributed by atoms with Crippen molar-refractivity contribution in [3.63, 3.8) is 0 Å². The molecule has 3 rings (SSSR count). The van der Waals surface area contributed by atoms with Crippen molar-refractivity contribution >= 4 is 34.5 Å². The van der Waals surface area contributed by atoms with Crippen LogP contribution in [0.15, 0.2) is 54.7 Å². The maximum absolute atomic E-state index is 12.8. The number of carbonyl (C=O) groups is 1. The van der Waals surface area contributed by atoms with Crippen LogP contribution in [0.2, 0.25) is 5.02 Å². The molecule has 21 heavy (non-hydrogen) atoms. The van der Waals surface area contributed by atoms with E-state index >= 15 is 0 Å². The third kappa shape index (κ3) is 2.30. The molecule has 0 spiro atoms. The first-order valence-corrected chi connectivity index (χ1v) is 7.04. The molecule has 1 aliphatic heterocycles. The quantitative estimate of drug-likeness (QED) is 0.785. The Hall–Kier alpha value is -2.26. The summed E-state index contributed by atoms with van der Waals surface area (Å²) in [5.41, 5.74) is 3.18. The molecule has 0 atom stereocenters. The highest BCUT2D eigenvalue weighted by molar-refractivity contribution is 6.39. The number of rotatable bonds is 2. The van der Waals surface area contributed by atoms with Crippen LogP contribution in [0.3, 0.4) is 0 Å². The average Bonchev–Trinajstić information content (AvgIpc) is 2.73. The number of halogens is 1. The highest BCUT2D eigenvalue weighted by Crippen LogP contribution is 2.43. The Labute approximate surface area is 129 Å². The predicted molar refractivity (Wildman–Crippen MR) is 86.7 cm³/mol.